The summed E-state index contributed by atoms with van der Waals surface area (Å²) in [6.07, 6.45) is 8.49. The molecule has 2 aromatic rings. The van der Waals surface area contributed by atoms with E-state index in [1.54, 1.807) is 4.90 Å². The number of aromatic nitrogens is 2. The molecule has 0 spiro atoms. The number of nitrogens with one attached hydrogen (secondary N) is 2. The molecule has 2 fully saturated rings. The fraction of sp³-hybridized carbons (Fsp3) is 0.636. The number of imidazole rings is 1. The van der Waals surface area contributed by atoms with Gasteiger partial charge in [0, 0.05) is 18.2 Å². The molecule has 2 N–H and O–H groups in total. The highest BCUT2D eigenvalue weighted by Crippen LogP contribution is 2.26. The summed E-state index contributed by atoms with van der Waals surface area (Å²) >= 11 is 0. The Morgan fingerprint density at radius 2 is 2.11 bits per heavy atom. The van der Waals surface area contributed by atoms with Gasteiger partial charge in [-0.3, -0.25) is 4.79 Å². The number of fused-ring (bicyclic) bond motifs is 3. The number of carbonyl (C=O) groups is 1. The van der Waals surface area contributed by atoms with Gasteiger partial charge in [0.05, 0.1) is 24.1 Å². The number of benzene rings is 1. The van der Waals surface area contributed by atoms with Gasteiger partial charge in [-0.05, 0) is 43.9 Å². The molecule has 2 atom stereocenters. The van der Waals surface area contributed by atoms with Gasteiger partial charge in [0.25, 0.3) is 0 Å². The normalized spacial score (nSPS) is 25.7. The summed E-state index contributed by atoms with van der Waals surface area (Å²) in [6.45, 7) is 5.09. The van der Waals surface area contributed by atoms with Crippen LogP contribution in [0.5, 0.6) is 0 Å². The largest absolute Gasteiger partial charge is 0.372 e. The predicted molar refractivity (Wildman–Crippen MR) is 108 cm³/mol. The van der Waals surface area contributed by atoms with Gasteiger partial charge in [0.1, 0.15) is 19.2 Å². The highest BCUT2D eigenvalue weighted by molar-refractivity contribution is 5.94. The number of carbonyl (C=O) groups excluding carboxylic acids is 1. The molecule has 1 amide bonds. The second-order valence-corrected chi connectivity index (χ2v) is 8.72. The molecule has 2 aliphatic heterocycles. The average molecular weight is 384 g/mol. The third-order valence-electron chi connectivity index (χ3n) is 6.71. The molecule has 3 aliphatic rings. The zero-order valence-electron chi connectivity index (χ0n) is 16.6. The summed E-state index contributed by atoms with van der Waals surface area (Å²) in [5.41, 5.74) is 3.05. The topological polar surface area (TPSA) is 60.6 Å². The van der Waals surface area contributed by atoms with E-state index in [1.165, 1.54) is 37.6 Å². The number of rotatable bonds is 4. The van der Waals surface area contributed by atoms with Gasteiger partial charge in [-0.1, -0.05) is 19.3 Å². The van der Waals surface area contributed by atoms with Crippen molar-refractivity contribution in [3.05, 3.63) is 24.0 Å². The van der Waals surface area contributed by atoms with Gasteiger partial charge in [0.2, 0.25) is 5.91 Å². The van der Waals surface area contributed by atoms with Crippen molar-refractivity contribution < 1.29 is 14.4 Å². The van der Waals surface area contributed by atoms with E-state index in [0.29, 0.717) is 6.10 Å². The number of ether oxygens (including phenoxy) is 1. The summed E-state index contributed by atoms with van der Waals surface area (Å²) in [5, 5.41) is 3.13. The fourth-order valence-electron chi connectivity index (χ4n) is 5.13. The first-order chi connectivity index (χ1) is 13.8. The van der Waals surface area contributed by atoms with E-state index in [0.717, 1.165) is 62.7 Å². The Labute approximate surface area is 166 Å². The minimum absolute atomic E-state index is 0.176. The summed E-state index contributed by atoms with van der Waals surface area (Å²) in [5.74, 6) is 1.51. The smallest absolute Gasteiger partial charge is 0.227 e. The van der Waals surface area contributed by atoms with Crippen LogP contribution in [0.3, 0.4) is 0 Å². The summed E-state index contributed by atoms with van der Waals surface area (Å²) in [4.78, 5) is 19.0. The zero-order chi connectivity index (χ0) is 18.9. The van der Waals surface area contributed by atoms with E-state index in [-0.39, 0.29) is 11.8 Å². The summed E-state index contributed by atoms with van der Waals surface area (Å²) in [7, 11) is 0. The molecule has 3 heterocycles. The van der Waals surface area contributed by atoms with Gasteiger partial charge < -0.3 is 19.5 Å². The van der Waals surface area contributed by atoms with Crippen molar-refractivity contribution in [2.45, 2.75) is 64.1 Å². The molecule has 1 saturated heterocycles. The van der Waals surface area contributed by atoms with Crippen LogP contribution < -0.4 is 10.2 Å². The molecule has 150 valence electrons. The SMILES string of the molecule is O=C(Nc1ccc2c(c1)nc1n2CC[NH+](C[C@H]2CCCO2)C1)C1CCCCC1. The Morgan fingerprint density at radius 1 is 1.21 bits per heavy atom. The van der Waals surface area contributed by atoms with Gasteiger partial charge in [0.15, 0.2) is 5.82 Å². The van der Waals surface area contributed by atoms with Crippen LogP contribution in [0.2, 0.25) is 0 Å². The molecule has 5 rings (SSSR count). The van der Waals surface area contributed by atoms with E-state index >= 15 is 0 Å². The number of quaternary nitrogens is 1. The number of hydrogen-bond donors (Lipinski definition) is 2. The molecule has 1 aromatic carbocycles. The molecule has 6 nitrogen and oxygen atoms in total. The number of hydrogen-bond acceptors (Lipinski definition) is 3. The summed E-state index contributed by atoms with van der Waals surface area (Å²) < 4.78 is 8.17. The van der Waals surface area contributed by atoms with Crippen LogP contribution in [0, 0.1) is 5.92 Å². The second kappa shape index (κ2) is 7.84. The Balaban J connectivity index is 1.29. The monoisotopic (exact) mass is 383 g/mol. The van der Waals surface area contributed by atoms with Gasteiger partial charge in [-0.15, -0.1) is 0 Å². The van der Waals surface area contributed by atoms with Gasteiger partial charge >= 0.3 is 0 Å². The Kier molecular flexibility index (Phi) is 5.07. The maximum absolute atomic E-state index is 12.6. The standard InChI is InChI=1S/C22H30N4O2/c27-22(16-5-2-1-3-6-16)23-17-8-9-20-19(13-17)24-21-15-25(10-11-26(20)21)14-18-7-4-12-28-18/h8-9,13,16,18H,1-7,10-12,14-15H2,(H,23,27)/p+1/t18-/m1/s1. The molecule has 0 radical (unpaired) electrons. The lowest BCUT2D eigenvalue weighted by Crippen LogP contribution is -3.13. The predicted octanol–water partition coefficient (Wildman–Crippen LogP) is 2.13. The number of nitrogens with zero attached hydrogens (tertiary/aromatic N) is 2. The lowest BCUT2D eigenvalue weighted by Gasteiger charge is -2.26. The molecule has 1 aliphatic carbocycles. The maximum Gasteiger partial charge on any atom is 0.227 e. The van der Waals surface area contributed by atoms with Crippen molar-refractivity contribution in [2.24, 2.45) is 5.92 Å². The van der Waals surface area contributed by atoms with Crippen molar-refractivity contribution in [1.82, 2.24) is 9.55 Å². The Hall–Kier alpha value is -1.92. The molecule has 6 heteroatoms. The fourth-order valence-corrected chi connectivity index (χ4v) is 5.13. The van der Waals surface area contributed by atoms with E-state index in [2.05, 4.69) is 16.0 Å². The van der Waals surface area contributed by atoms with Gasteiger partial charge in [-0.25, -0.2) is 4.98 Å². The van der Waals surface area contributed by atoms with Crippen LogP contribution >= 0.6 is 0 Å². The minimum atomic E-state index is 0.176. The van der Waals surface area contributed by atoms with Crippen LogP contribution in [0.25, 0.3) is 11.0 Å². The number of anilines is 1. The Bertz CT molecular complexity index is 850. The first-order valence-corrected chi connectivity index (χ1v) is 11.0. The average Bonchev–Trinajstić information content (AvgIpc) is 3.35. The van der Waals surface area contributed by atoms with Crippen LogP contribution in [-0.4, -0.2) is 41.3 Å². The van der Waals surface area contributed by atoms with Crippen LogP contribution in [-0.2, 0) is 22.6 Å². The molecule has 1 saturated carbocycles. The van der Waals surface area contributed by atoms with Crippen molar-refractivity contribution in [2.75, 3.05) is 25.0 Å². The first kappa shape index (κ1) is 18.1. The maximum atomic E-state index is 12.6. The highest BCUT2D eigenvalue weighted by atomic mass is 16.5. The molecule has 0 bridgehead atoms. The second-order valence-electron chi connectivity index (χ2n) is 8.72. The molecule has 1 unspecified atom stereocenters. The molecular weight excluding hydrogens is 352 g/mol. The van der Waals surface area contributed by atoms with E-state index < -0.39 is 0 Å². The zero-order valence-corrected chi connectivity index (χ0v) is 16.6. The van der Waals surface area contributed by atoms with Crippen molar-refractivity contribution in [3.63, 3.8) is 0 Å². The van der Waals surface area contributed by atoms with Crippen LogP contribution in [0.15, 0.2) is 18.2 Å². The van der Waals surface area contributed by atoms with E-state index in [1.807, 2.05) is 12.1 Å². The minimum Gasteiger partial charge on any atom is -0.372 e. The molecule has 1 aromatic heterocycles. The summed E-state index contributed by atoms with van der Waals surface area (Å²) in [6, 6.07) is 6.19. The lowest BCUT2D eigenvalue weighted by molar-refractivity contribution is -0.921. The van der Waals surface area contributed by atoms with E-state index in [9.17, 15) is 4.79 Å². The van der Waals surface area contributed by atoms with Gasteiger partial charge in [-0.2, -0.15) is 0 Å². The third-order valence-corrected chi connectivity index (χ3v) is 6.71. The first-order valence-electron chi connectivity index (χ1n) is 11.0. The van der Waals surface area contributed by atoms with E-state index in [4.69, 9.17) is 9.72 Å². The van der Waals surface area contributed by atoms with Crippen LogP contribution in [0.1, 0.15) is 50.8 Å². The van der Waals surface area contributed by atoms with Crippen molar-refractivity contribution in [1.29, 1.82) is 0 Å². The molecular formula is C22H31N4O2+. The van der Waals surface area contributed by atoms with Crippen LogP contribution in [0.4, 0.5) is 5.69 Å². The molecule has 28 heavy (non-hydrogen) atoms. The lowest BCUT2D eigenvalue weighted by atomic mass is 9.88. The quantitative estimate of drug-likeness (QED) is 0.850. The third kappa shape index (κ3) is 3.67. The number of amides is 1. The highest BCUT2D eigenvalue weighted by Gasteiger charge is 2.27. The van der Waals surface area contributed by atoms with Crippen molar-refractivity contribution in [3.8, 4) is 0 Å². The Morgan fingerprint density at radius 3 is 2.93 bits per heavy atom. The van der Waals surface area contributed by atoms with Crippen molar-refractivity contribution >= 4 is 22.6 Å².